The maximum absolute atomic E-state index is 12.6. The summed E-state index contributed by atoms with van der Waals surface area (Å²) in [5.74, 6) is -0.448. The summed E-state index contributed by atoms with van der Waals surface area (Å²) in [6, 6.07) is 3.22. The van der Waals surface area contributed by atoms with Crippen LogP contribution in [0.4, 0.5) is 0 Å². The van der Waals surface area contributed by atoms with Gasteiger partial charge in [-0.15, -0.1) is 0 Å². The van der Waals surface area contributed by atoms with Crippen LogP contribution in [0.2, 0.25) is 0 Å². The highest BCUT2D eigenvalue weighted by molar-refractivity contribution is 6.42. The van der Waals surface area contributed by atoms with Crippen LogP contribution in [0.3, 0.4) is 0 Å². The van der Waals surface area contributed by atoms with E-state index < -0.39 is 11.7 Å². The van der Waals surface area contributed by atoms with E-state index in [9.17, 15) is 14.4 Å². The van der Waals surface area contributed by atoms with Crippen LogP contribution in [0.5, 0.6) is 0 Å². The molecule has 1 amide bonds. The van der Waals surface area contributed by atoms with Crippen molar-refractivity contribution in [1.82, 2.24) is 24.2 Å². The first kappa shape index (κ1) is 17.1. The summed E-state index contributed by atoms with van der Waals surface area (Å²) in [5.41, 5.74) is 0.130. The molecule has 25 heavy (non-hydrogen) atoms. The Morgan fingerprint density at radius 3 is 2.84 bits per heavy atom. The van der Waals surface area contributed by atoms with Gasteiger partial charge in [-0.25, -0.2) is 9.48 Å². The zero-order valence-corrected chi connectivity index (χ0v) is 14.4. The van der Waals surface area contributed by atoms with Crippen molar-refractivity contribution in [3.05, 3.63) is 46.4 Å². The van der Waals surface area contributed by atoms with Crippen LogP contribution >= 0.6 is 0 Å². The molecule has 0 N–H and O–H groups in total. The van der Waals surface area contributed by atoms with Gasteiger partial charge in [-0.3, -0.25) is 19.1 Å². The number of piperidine rings is 1. The highest BCUT2D eigenvalue weighted by atomic mass is 16.2. The SMILES string of the molecule is CCn1c([C@@H]2CCCN(C(=O)C(=O)c3cccnc3)C2)nn(C)c1=O. The predicted molar refractivity (Wildman–Crippen MR) is 90.3 cm³/mol. The van der Waals surface area contributed by atoms with Gasteiger partial charge in [0.15, 0.2) is 0 Å². The van der Waals surface area contributed by atoms with E-state index in [-0.39, 0.29) is 17.2 Å². The van der Waals surface area contributed by atoms with Crippen LogP contribution in [-0.4, -0.2) is 49.0 Å². The summed E-state index contributed by atoms with van der Waals surface area (Å²) in [4.78, 5) is 42.5. The summed E-state index contributed by atoms with van der Waals surface area (Å²) in [6.07, 6.45) is 4.56. The lowest BCUT2D eigenvalue weighted by Gasteiger charge is -2.31. The summed E-state index contributed by atoms with van der Waals surface area (Å²) >= 11 is 0. The normalized spacial score (nSPS) is 17.5. The van der Waals surface area contributed by atoms with Gasteiger partial charge in [-0.1, -0.05) is 0 Å². The van der Waals surface area contributed by atoms with E-state index in [1.165, 1.54) is 10.9 Å². The maximum Gasteiger partial charge on any atom is 0.345 e. The molecule has 0 radical (unpaired) electrons. The van der Waals surface area contributed by atoms with Crippen molar-refractivity contribution in [3.63, 3.8) is 0 Å². The molecule has 1 atom stereocenters. The first-order valence-electron chi connectivity index (χ1n) is 8.40. The molecule has 3 rings (SSSR count). The molecular weight excluding hydrogens is 322 g/mol. The first-order valence-corrected chi connectivity index (χ1v) is 8.40. The number of hydrogen-bond donors (Lipinski definition) is 0. The lowest BCUT2D eigenvalue weighted by Crippen LogP contribution is -2.43. The third kappa shape index (κ3) is 3.24. The zero-order chi connectivity index (χ0) is 18.0. The largest absolute Gasteiger partial charge is 0.345 e. The molecule has 132 valence electrons. The molecule has 3 heterocycles. The Morgan fingerprint density at radius 1 is 1.36 bits per heavy atom. The van der Waals surface area contributed by atoms with Gasteiger partial charge in [0.25, 0.3) is 11.7 Å². The Kier molecular flexibility index (Phi) is 4.78. The average Bonchev–Trinajstić information content (AvgIpc) is 2.95. The average molecular weight is 343 g/mol. The molecule has 8 nitrogen and oxygen atoms in total. The Bertz CT molecular complexity index is 840. The van der Waals surface area contributed by atoms with Gasteiger partial charge in [0.2, 0.25) is 0 Å². The molecule has 0 unspecified atom stereocenters. The number of Topliss-reactive ketones (excluding diaryl/α,β-unsaturated/α-hetero) is 1. The number of aromatic nitrogens is 4. The standard InChI is InChI=1S/C17H21N5O3/c1-3-22-15(19-20(2)17(22)25)13-7-5-9-21(11-13)16(24)14(23)12-6-4-8-18-10-12/h4,6,8,10,13H,3,5,7,9,11H2,1-2H3/t13-/m1/s1. The number of pyridine rings is 1. The molecule has 1 aliphatic heterocycles. The fourth-order valence-corrected chi connectivity index (χ4v) is 3.26. The fraction of sp³-hybridized carbons (Fsp3) is 0.471. The van der Waals surface area contributed by atoms with Crippen molar-refractivity contribution in [1.29, 1.82) is 0 Å². The van der Waals surface area contributed by atoms with Crippen molar-refractivity contribution in [3.8, 4) is 0 Å². The minimum Gasteiger partial charge on any atom is -0.335 e. The van der Waals surface area contributed by atoms with E-state index in [0.717, 1.165) is 12.8 Å². The van der Waals surface area contributed by atoms with E-state index in [1.807, 2.05) is 6.92 Å². The van der Waals surface area contributed by atoms with Gasteiger partial charge in [0.05, 0.1) is 0 Å². The number of nitrogens with zero attached hydrogens (tertiary/aromatic N) is 5. The minimum absolute atomic E-state index is 0.0479. The number of carbonyl (C=O) groups is 2. The molecule has 0 bridgehead atoms. The molecule has 2 aromatic heterocycles. The monoisotopic (exact) mass is 343 g/mol. The third-order valence-corrected chi connectivity index (χ3v) is 4.54. The van der Waals surface area contributed by atoms with Crippen molar-refractivity contribution in [2.45, 2.75) is 32.2 Å². The molecule has 8 heteroatoms. The van der Waals surface area contributed by atoms with Crippen molar-refractivity contribution in [2.24, 2.45) is 7.05 Å². The molecule has 0 aliphatic carbocycles. The topological polar surface area (TPSA) is 90.1 Å². The minimum atomic E-state index is -0.553. The summed E-state index contributed by atoms with van der Waals surface area (Å²) in [7, 11) is 1.62. The number of rotatable bonds is 4. The fourth-order valence-electron chi connectivity index (χ4n) is 3.26. The van der Waals surface area contributed by atoms with Crippen LogP contribution in [0, 0.1) is 0 Å². The maximum atomic E-state index is 12.6. The molecular formula is C17H21N5O3. The van der Waals surface area contributed by atoms with E-state index in [0.29, 0.717) is 25.5 Å². The smallest absolute Gasteiger partial charge is 0.335 e. The lowest BCUT2D eigenvalue weighted by atomic mass is 9.96. The Labute approximate surface area is 145 Å². The molecule has 0 saturated carbocycles. The number of ketones is 1. The summed E-state index contributed by atoms with van der Waals surface area (Å²) in [6.45, 7) is 3.34. The van der Waals surface area contributed by atoms with Crippen molar-refractivity contribution in [2.75, 3.05) is 13.1 Å². The highest BCUT2D eigenvalue weighted by Gasteiger charge is 2.31. The van der Waals surface area contributed by atoms with E-state index >= 15 is 0 Å². The van der Waals surface area contributed by atoms with Gasteiger partial charge in [0, 0.05) is 50.6 Å². The Hall–Kier alpha value is -2.77. The number of likely N-dealkylation sites (tertiary alicyclic amines) is 1. The van der Waals surface area contributed by atoms with E-state index in [4.69, 9.17) is 0 Å². The van der Waals surface area contributed by atoms with Gasteiger partial charge >= 0.3 is 5.69 Å². The lowest BCUT2D eigenvalue weighted by molar-refractivity contribution is -0.127. The molecule has 0 spiro atoms. The summed E-state index contributed by atoms with van der Waals surface area (Å²) in [5, 5.41) is 4.34. The van der Waals surface area contributed by atoms with Crippen molar-refractivity contribution >= 4 is 11.7 Å². The number of hydrogen-bond acceptors (Lipinski definition) is 5. The molecule has 0 aromatic carbocycles. The highest BCUT2D eigenvalue weighted by Crippen LogP contribution is 2.25. The van der Waals surface area contributed by atoms with Crippen LogP contribution in [0.15, 0.2) is 29.3 Å². The second kappa shape index (κ2) is 7.00. The van der Waals surface area contributed by atoms with E-state index in [1.54, 1.807) is 34.8 Å². The Morgan fingerprint density at radius 2 is 2.16 bits per heavy atom. The second-order valence-electron chi connectivity index (χ2n) is 6.17. The predicted octanol–water partition coefficient (Wildman–Crippen LogP) is 0.586. The van der Waals surface area contributed by atoms with E-state index in [2.05, 4.69) is 10.1 Å². The Balaban J connectivity index is 1.80. The van der Waals surface area contributed by atoms with Gasteiger partial charge < -0.3 is 4.90 Å². The van der Waals surface area contributed by atoms with Gasteiger partial charge in [0.1, 0.15) is 5.82 Å². The zero-order valence-electron chi connectivity index (χ0n) is 14.4. The molecule has 2 aromatic rings. The molecule has 1 saturated heterocycles. The van der Waals surface area contributed by atoms with Crippen molar-refractivity contribution < 1.29 is 9.59 Å². The van der Waals surface area contributed by atoms with Crippen LogP contribution in [0.1, 0.15) is 41.9 Å². The van der Waals surface area contributed by atoms with Gasteiger partial charge in [-0.2, -0.15) is 5.10 Å². The number of carbonyl (C=O) groups excluding carboxylic acids is 2. The second-order valence-corrected chi connectivity index (χ2v) is 6.17. The molecule has 1 fully saturated rings. The quantitative estimate of drug-likeness (QED) is 0.598. The summed E-state index contributed by atoms with van der Waals surface area (Å²) < 4.78 is 2.95. The van der Waals surface area contributed by atoms with Crippen LogP contribution in [-0.2, 0) is 18.4 Å². The van der Waals surface area contributed by atoms with Crippen LogP contribution in [0.25, 0.3) is 0 Å². The molecule has 1 aliphatic rings. The number of amides is 1. The third-order valence-electron chi connectivity index (χ3n) is 4.54. The van der Waals surface area contributed by atoms with Crippen LogP contribution < -0.4 is 5.69 Å². The van der Waals surface area contributed by atoms with Gasteiger partial charge in [-0.05, 0) is 31.9 Å². The number of aryl methyl sites for hydroxylation is 1. The first-order chi connectivity index (χ1) is 12.0.